The van der Waals surface area contributed by atoms with Crippen LogP contribution < -0.4 is 4.74 Å². The minimum atomic E-state index is -2.25. The normalized spacial score (nSPS) is 20.8. The summed E-state index contributed by atoms with van der Waals surface area (Å²) in [6.45, 7) is 1.72. The molecule has 2 aromatic rings. The molecule has 0 amide bonds. The fourth-order valence-corrected chi connectivity index (χ4v) is 2.41. The number of rotatable bonds is 2. The molecule has 0 aromatic heterocycles. The number of ether oxygens (including phenoxy) is 2. The van der Waals surface area contributed by atoms with Gasteiger partial charge in [-0.2, -0.15) is 0 Å². The zero-order valence-electron chi connectivity index (χ0n) is 11.5. The van der Waals surface area contributed by atoms with E-state index in [0.29, 0.717) is 5.56 Å². The van der Waals surface area contributed by atoms with E-state index in [1.807, 2.05) is 24.3 Å². The first-order chi connectivity index (χ1) is 10.0. The Labute approximate surface area is 121 Å². The third-order valence-electron chi connectivity index (χ3n) is 3.42. The predicted octanol–water partition coefficient (Wildman–Crippen LogP) is 2.06. The van der Waals surface area contributed by atoms with Gasteiger partial charge in [0.25, 0.3) is 0 Å². The highest BCUT2D eigenvalue weighted by atomic mass is 16.7. The molecule has 0 spiro atoms. The Morgan fingerprint density at radius 1 is 1.33 bits per heavy atom. The van der Waals surface area contributed by atoms with Crippen molar-refractivity contribution in [3.8, 4) is 5.75 Å². The van der Waals surface area contributed by atoms with Crippen LogP contribution in [-0.2, 0) is 9.53 Å². The Balaban J connectivity index is 2.07. The second-order valence-electron chi connectivity index (χ2n) is 4.90. The monoisotopic (exact) mass is 286 g/mol. The van der Waals surface area contributed by atoms with Gasteiger partial charge in [-0.3, -0.25) is 4.79 Å². The van der Waals surface area contributed by atoms with E-state index >= 15 is 0 Å². The van der Waals surface area contributed by atoms with Crippen molar-refractivity contribution in [2.24, 2.45) is 0 Å². The van der Waals surface area contributed by atoms with Crippen LogP contribution in [0.3, 0.4) is 0 Å². The second kappa shape index (κ2) is 4.86. The molecule has 0 radical (unpaired) electrons. The molecular formula is C16H14O5. The molecule has 0 bridgehead atoms. The molecule has 1 heterocycles. The van der Waals surface area contributed by atoms with Crippen LogP contribution in [0.1, 0.15) is 23.7 Å². The summed E-state index contributed by atoms with van der Waals surface area (Å²) in [5.74, 6) is -3.35. The molecule has 1 N–H and O–H groups in total. The fraction of sp³-hybridized carbons (Fsp3) is 0.250. The average molecular weight is 286 g/mol. The minimum absolute atomic E-state index is 0.100. The van der Waals surface area contributed by atoms with Crippen LogP contribution in [0.25, 0.3) is 10.8 Å². The lowest BCUT2D eigenvalue weighted by molar-refractivity contribution is -0.200. The van der Waals surface area contributed by atoms with Gasteiger partial charge in [-0.1, -0.05) is 24.3 Å². The van der Waals surface area contributed by atoms with Gasteiger partial charge in [-0.15, -0.1) is 0 Å². The van der Waals surface area contributed by atoms with Crippen LogP contribution in [0.15, 0.2) is 36.4 Å². The van der Waals surface area contributed by atoms with E-state index in [2.05, 4.69) is 0 Å². The van der Waals surface area contributed by atoms with E-state index in [9.17, 15) is 14.7 Å². The molecule has 1 aliphatic heterocycles. The van der Waals surface area contributed by atoms with Crippen molar-refractivity contribution in [2.45, 2.75) is 19.1 Å². The van der Waals surface area contributed by atoms with Gasteiger partial charge in [-0.05, 0) is 29.8 Å². The third kappa shape index (κ3) is 2.25. The standard InChI is InChI=1S/C16H14O5/c1-2-20-15(18)16(19)9-13(17)12-7-10-5-3-4-6-11(10)8-14(12)21-16/h3-8,19H,2,9H2,1H3. The van der Waals surface area contributed by atoms with E-state index < -0.39 is 18.2 Å². The number of carbonyl (C=O) groups is 2. The summed E-state index contributed by atoms with van der Waals surface area (Å²) in [6, 6.07) is 10.8. The summed E-state index contributed by atoms with van der Waals surface area (Å²) < 4.78 is 10.1. The number of benzene rings is 2. The lowest BCUT2D eigenvalue weighted by atomic mass is 9.95. The molecule has 0 saturated heterocycles. The van der Waals surface area contributed by atoms with Crippen molar-refractivity contribution < 1.29 is 24.2 Å². The van der Waals surface area contributed by atoms with Gasteiger partial charge in [0.2, 0.25) is 0 Å². The Hall–Kier alpha value is -2.40. The molecule has 2 aromatic carbocycles. The maximum atomic E-state index is 12.2. The van der Waals surface area contributed by atoms with Crippen molar-refractivity contribution in [3.05, 3.63) is 42.0 Å². The number of hydrogen-bond donors (Lipinski definition) is 1. The van der Waals surface area contributed by atoms with E-state index in [0.717, 1.165) is 10.8 Å². The first-order valence-corrected chi connectivity index (χ1v) is 6.68. The van der Waals surface area contributed by atoms with Gasteiger partial charge in [0.1, 0.15) is 5.75 Å². The van der Waals surface area contributed by atoms with Crippen molar-refractivity contribution in [1.29, 1.82) is 0 Å². The number of fused-ring (bicyclic) bond motifs is 2. The Morgan fingerprint density at radius 2 is 2.00 bits per heavy atom. The lowest BCUT2D eigenvalue weighted by Gasteiger charge is -2.31. The molecular weight excluding hydrogens is 272 g/mol. The van der Waals surface area contributed by atoms with Gasteiger partial charge < -0.3 is 14.6 Å². The topological polar surface area (TPSA) is 72.8 Å². The second-order valence-corrected chi connectivity index (χ2v) is 4.90. The summed E-state index contributed by atoms with van der Waals surface area (Å²) in [4.78, 5) is 24.0. The molecule has 3 rings (SSSR count). The SMILES string of the molecule is CCOC(=O)C1(O)CC(=O)c2cc3ccccc3cc2O1. The van der Waals surface area contributed by atoms with Gasteiger partial charge in [0.15, 0.2) is 5.78 Å². The van der Waals surface area contributed by atoms with Crippen molar-refractivity contribution in [2.75, 3.05) is 6.61 Å². The number of aliphatic hydroxyl groups is 1. The first kappa shape index (κ1) is 13.6. The first-order valence-electron chi connectivity index (χ1n) is 6.68. The smallest absolute Gasteiger partial charge is 0.380 e. The molecule has 1 aliphatic rings. The zero-order valence-corrected chi connectivity index (χ0v) is 11.5. The maximum absolute atomic E-state index is 12.2. The summed E-state index contributed by atoms with van der Waals surface area (Å²) in [7, 11) is 0. The highest BCUT2D eigenvalue weighted by Gasteiger charge is 2.47. The van der Waals surface area contributed by atoms with Crippen LogP contribution in [0, 0.1) is 0 Å². The van der Waals surface area contributed by atoms with E-state index in [-0.39, 0.29) is 18.1 Å². The number of carbonyl (C=O) groups excluding carboxylic acids is 2. The quantitative estimate of drug-likeness (QED) is 0.855. The summed E-state index contributed by atoms with van der Waals surface area (Å²) >= 11 is 0. The predicted molar refractivity (Wildman–Crippen MR) is 75.1 cm³/mol. The number of ketones is 1. The minimum Gasteiger partial charge on any atom is -0.461 e. The van der Waals surface area contributed by atoms with E-state index in [1.54, 1.807) is 19.1 Å². The number of esters is 1. The summed E-state index contributed by atoms with van der Waals surface area (Å²) in [5.41, 5.74) is 0.364. The molecule has 108 valence electrons. The summed E-state index contributed by atoms with van der Waals surface area (Å²) in [6.07, 6.45) is -0.447. The van der Waals surface area contributed by atoms with Crippen LogP contribution in [0.5, 0.6) is 5.75 Å². The van der Waals surface area contributed by atoms with Gasteiger partial charge in [0.05, 0.1) is 18.6 Å². The fourth-order valence-electron chi connectivity index (χ4n) is 2.41. The Bertz CT molecular complexity index is 737. The van der Waals surface area contributed by atoms with Crippen molar-refractivity contribution >= 4 is 22.5 Å². The van der Waals surface area contributed by atoms with Gasteiger partial charge >= 0.3 is 11.8 Å². The van der Waals surface area contributed by atoms with Crippen molar-refractivity contribution in [1.82, 2.24) is 0 Å². The molecule has 0 fully saturated rings. The highest BCUT2D eigenvalue weighted by molar-refractivity contribution is 6.06. The maximum Gasteiger partial charge on any atom is 0.380 e. The van der Waals surface area contributed by atoms with Crippen LogP contribution >= 0.6 is 0 Å². The molecule has 0 aliphatic carbocycles. The largest absolute Gasteiger partial charge is 0.461 e. The van der Waals surface area contributed by atoms with Crippen molar-refractivity contribution in [3.63, 3.8) is 0 Å². The Kier molecular flexibility index (Phi) is 3.14. The van der Waals surface area contributed by atoms with Crippen LogP contribution in [-0.4, -0.2) is 29.3 Å². The molecule has 5 heteroatoms. The number of hydrogen-bond acceptors (Lipinski definition) is 5. The van der Waals surface area contributed by atoms with Gasteiger partial charge in [-0.25, -0.2) is 4.79 Å². The highest BCUT2D eigenvalue weighted by Crippen LogP contribution is 2.35. The van der Waals surface area contributed by atoms with E-state index in [1.165, 1.54) is 0 Å². The molecule has 21 heavy (non-hydrogen) atoms. The Morgan fingerprint density at radius 3 is 2.67 bits per heavy atom. The number of Topliss-reactive ketones (excluding diaryl/α,β-unsaturated/α-hetero) is 1. The molecule has 1 atom stereocenters. The lowest BCUT2D eigenvalue weighted by Crippen LogP contribution is -2.50. The molecule has 1 unspecified atom stereocenters. The summed E-state index contributed by atoms with van der Waals surface area (Å²) in [5, 5.41) is 12.0. The average Bonchev–Trinajstić information content (AvgIpc) is 2.46. The van der Waals surface area contributed by atoms with Crippen LogP contribution in [0.4, 0.5) is 0 Å². The van der Waals surface area contributed by atoms with E-state index in [4.69, 9.17) is 9.47 Å². The zero-order chi connectivity index (χ0) is 15.0. The third-order valence-corrected chi connectivity index (χ3v) is 3.42. The van der Waals surface area contributed by atoms with Crippen LogP contribution in [0.2, 0.25) is 0 Å². The molecule has 5 nitrogen and oxygen atoms in total. The van der Waals surface area contributed by atoms with Gasteiger partial charge in [0, 0.05) is 0 Å². The molecule has 0 saturated carbocycles.